The van der Waals surface area contributed by atoms with Crippen LogP contribution in [0.5, 0.6) is 5.75 Å². The lowest BCUT2D eigenvalue weighted by atomic mass is 9.92. The third-order valence-electron chi connectivity index (χ3n) is 4.71. The molecule has 0 aliphatic carbocycles. The van der Waals surface area contributed by atoms with Gasteiger partial charge in [-0.3, -0.25) is 4.79 Å². The molecule has 30 heavy (non-hydrogen) atoms. The van der Waals surface area contributed by atoms with Gasteiger partial charge in [-0.1, -0.05) is 6.07 Å². The molecular weight excluding hydrogens is 406 g/mol. The van der Waals surface area contributed by atoms with E-state index in [-0.39, 0.29) is 37.3 Å². The molecule has 1 aromatic heterocycles. The highest BCUT2D eigenvalue weighted by molar-refractivity contribution is 7.10. The van der Waals surface area contributed by atoms with Crippen molar-refractivity contribution in [2.45, 2.75) is 19.4 Å². The lowest BCUT2D eigenvalue weighted by Crippen LogP contribution is -2.39. The number of carbonyl (C=O) groups is 2. The quantitative estimate of drug-likeness (QED) is 0.391. The molecular formula is C21H21N3O5S. The van der Waals surface area contributed by atoms with Crippen LogP contribution >= 0.6 is 11.3 Å². The topological polar surface area (TPSA) is 113 Å². The van der Waals surface area contributed by atoms with E-state index in [1.54, 1.807) is 16.5 Å². The van der Waals surface area contributed by atoms with E-state index in [0.717, 1.165) is 11.1 Å². The van der Waals surface area contributed by atoms with Gasteiger partial charge < -0.3 is 19.5 Å². The maximum Gasteiger partial charge on any atom is 0.329 e. The molecule has 9 heteroatoms. The Morgan fingerprint density at radius 3 is 2.97 bits per heavy atom. The Labute approximate surface area is 178 Å². The Hall–Kier alpha value is -3.22. The molecule has 0 radical (unpaired) electrons. The van der Waals surface area contributed by atoms with Crippen LogP contribution < -0.4 is 4.74 Å². The van der Waals surface area contributed by atoms with Crippen molar-refractivity contribution in [1.29, 1.82) is 5.26 Å². The van der Waals surface area contributed by atoms with Crippen LogP contribution in [-0.2, 0) is 20.7 Å². The predicted octanol–water partition coefficient (Wildman–Crippen LogP) is 2.68. The molecule has 0 spiro atoms. The fourth-order valence-electron chi connectivity index (χ4n) is 3.26. The molecule has 1 N–H and O–H groups in total. The Morgan fingerprint density at radius 1 is 1.43 bits per heavy atom. The Balaban J connectivity index is 1.69. The second-order valence-electron chi connectivity index (χ2n) is 6.62. The van der Waals surface area contributed by atoms with Gasteiger partial charge in [0.2, 0.25) is 0 Å². The van der Waals surface area contributed by atoms with Gasteiger partial charge in [-0.15, -0.1) is 11.3 Å². The van der Waals surface area contributed by atoms with Gasteiger partial charge in [-0.05, 0) is 42.7 Å². The minimum Gasteiger partial charge on any atom is -0.491 e. The zero-order chi connectivity index (χ0) is 21.5. The lowest BCUT2D eigenvalue weighted by molar-refractivity contribution is -0.142. The van der Waals surface area contributed by atoms with Gasteiger partial charge in [0.25, 0.3) is 5.91 Å². The number of aliphatic carboxylic acids is 1. The van der Waals surface area contributed by atoms with Gasteiger partial charge in [0.05, 0.1) is 12.6 Å². The summed E-state index contributed by atoms with van der Waals surface area (Å²) in [5, 5.41) is 20.4. The second-order valence-corrected chi connectivity index (χ2v) is 7.55. The summed E-state index contributed by atoms with van der Waals surface area (Å²) >= 11 is 1.37. The highest BCUT2D eigenvalue weighted by atomic mass is 32.1. The summed E-state index contributed by atoms with van der Waals surface area (Å²) < 4.78 is 10.6. The number of nitriles is 1. The first kappa shape index (κ1) is 21.5. The Bertz CT molecular complexity index is 981. The van der Waals surface area contributed by atoms with Gasteiger partial charge >= 0.3 is 5.97 Å². The average Bonchev–Trinajstić information content (AvgIpc) is 3.25. The fourth-order valence-corrected chi connectivity index (χ4v) is 3.83. The van der Waals surface area contributed by atoms with Crippen molar-refractivity contribution >= 4 is 29.3 Å². The van der Waals surface area contributed by atoms with Gasteiger partial charge in [-0.25, -0.2) is 9.78 Å². The molecule has 156 valence electrons. The summed E-state index contributed by atoms with van der Waals surface area (Å²) in [7, 11) is 0. The van der Waals surface area contributed by atoms with Crippen LogP contribution in [0.2, 0.25) is 0 Å². The summed E-state index contributed by atoms with van der Waals surface area (Å²) in [5.74, 6) is -0.727. The first-order valence-corrected chi connectivity index (χ1v) is 10.2. The minimum atomic E-state index is -1.02. The maximum absolute atomic E-state index is 13.0. The van der Waals surface area contributed by atoms with Gasteiger partial charge in [-0.2, -0.15) is 5.26 Å². The molecule has 2 heterocycles. The molecule has 1 aromatic carbocycles. The van der Waals surface area contributed by atoms with Crippen LogP contribution in [0.25, 0.3) is 6.08 Å². The smallest absolute Gasteiger partial charge is 0.329 e. The summed E-state index contributed by atoms with van der Waals surface area (Å²) in [4.78, 5) is 29.2. The van der Waals surface area contributed by atoms with Crippen molar-refractivity contribution in [3.63, 3.8) is 0 Å². The molecule has 8 nitrogen and oxygen atoms in total. The third-order valence-corrected chi connectivity index (χ3v) is 5.43. The number of thiazole rings is 1. The largest absolute Gasteiger partial charge is 0.491 e. The number of benzene rings is 1. The number of ether oxygens (including phenoxy) is 2. The number of hydrogen-bond donors (Lipinski definition) is 1. The highest BCUT2D eigenvalue weighted by Crippen LogP contribution is 2.33. The molecule has 2 aromatic rings. The SMILES string of the molecule is CC1c2cc(OCCOCC(=O)O)ccc2CCN1C(=O)/C(C#N)=C\c1nccs1. The molecule has 1 amide bonds. The minimum absolute atomic E-state index is 0.0585. The van der Waals surface area contributed by atoms with Gasteiger partial charge in [0.1, 0.15) is 35.6 Å². The number of aromatic nitrogens is 1. The standard InChI is InChI=1S/C21H21N3O5S/c1-14-18-11-17(29-8-7-28-13-20(25)26)3-2-15(18)4-6-24(14)21(27)16(12-22)10-19-23-5-9-30-19/h2-3,5,9-11,14H,4,6-8,13H2,1H3,(H,25,26)/b16-10-. The average molecular weight is 427 g/mol. The van der Waals surface area contributed by atoms with Crippen molar-refractivity contribution < 1.29 is 24.2 Å². The van der Waals surface area contributed by atoms with E-state index in [1.807, 2.05) is 31.2 Å². The number of carboxylic acids is 1. The normalized spacial score (nSPS) is 15.9. The first-order valence-electron chi connectivity index (χ1n) is 9.37. The highest BCUT2D eigenvalue weighted by Gasteiger charge is 2.30. The molecule has 0 fully saturated rings. The van der Waals surface area contributed by atoms with Crippen molar-refractivity contribution in [3.05, 3.63) is 51.5 Å². The number of carbonyl (C=O) groups excluding carboxylic acids is 1. The van der Waals surface area contributed by atoms with E-state index in [2.05, 4.69) is 4.98 Å². The van der Waals surface area contributed by atoms with E-state index in [9.17, 15) is 14.9 Å². The van der Waals surface area contributed by atoms with Crippen LogP contribution in [0.1, 0.15) is 29.1 Å². The number of rotatable bonds is 8. The summed E-state index contributed by atoms with van der Waals surface area (Å²) in [6.07, 6.45) is 3.83. The van der Waals surface area contributed by atoms with Crippen LogP contribution in [-0.4, -0.2) is 53.2 Å². The van der Waals surface area contributed by atoms with Crippen molar-refractivity contribution in [2.75, 3.05) is 26.4 Å². The summed E-state index contributed by atoms with van der Waals surface area (Å²) in [6.45, 7) is 2.47. The molecule has 1 atom stereocenters. The van der Waals surface area contributed by atoms with E-state index in [4.69, 9.17) is 14.6 Å². The molecule has 0 saturated heterocycles. The summed E-state index contributed by atoms with van der Waals surface area (Å²) in [5.41, 5.74) is 2.15. The Kier molecular flexibility index (Phi) is 7.17. The van der Waals surface area contributed by atoms with Crippen LogP contribution in [0.4, 0.5) is 0 Å². The summed E-state index contributed by atoms with van der Waals surface area (Å²) in [6, 6.07) is 7.48. The van der Waals surface area contributed by atoms with Crippen LogP contribution in [0, 0.1) is 11.3 Å². The molecule has 1 aliphatic rings. The monoisotopic (exact) mass is 427 g/mol. The molecule has 1 aliphatic heterocycles. The van der Waals surface area contributed by atoms with E-state index < -0.39 is 5.97 Å². The van der Waals surface area contributed by atoms with Crippen LogP contribution in [0.3, 0.4) is 0 Å². The zero-order valence-corrected chi connectivity index (χ0v) is 17.2. The molecule has 0 saturated carbocycles. The number of carboxylic acid groups (broad SMARTS) is 1. The molecule has 3 rings (SSSR count). The van der Waals surface area contributed by atoms with Gasteiger partial charge in [0, 0.05) is 18.1 Å². The van der Waals surface area contributed by atoms with E-state index >= 15 is 0 Å². The predicted molar refractivity (Wildman–Crippen MR) is 110 cm³/mol. The lowest BCUT2D eigenvalue weighted by Gasteiger charge is -2.35. The number of hydrogen-bond acceptors (Lipinski definition) is 7. The molecule has 1 unspecified atom stereocenters. The fraction of sp³-hybridized carbons (Fsp3) is 0.333. The van der Waals surface area contributed by atoms with E-state index in [1.165, 1.54) is 17.4 Å². The van der Waals surface area contributed by atoms with E-state index in [0.29, 0.717) is 23.7 Å². The van der Waals surface area contributed by atoms with Crippen molar-refractivity contribution in [1.82, 2.24) is 9.88 Å². The van der Waals surface area contributed by atoms with Crippen molar-refractivity contribution in [2.24, 2.45) is 0 Å². The Morgan fingerprint density at radius 2 is 2.27 bits per heavy atom. The second kappa shape index (κ2) is 10.0. The number of nitrogens with zero attached hydrogens (tertiary/aromatic N) is 3. The number of amides is 1. The maximum atomic E-state index is 13.0. The number of fused-ring (bicyclic) bond motifs is 1. The molecule has 0 bridgehead atoms. The zero-order valence-electron chi connectivity index (χ0n) is 16.4. The first-order chi connectivity index (χ1) is 14.5. The van der Waals surface area contributed by atoms with Crippen molar-refractivity contribution in [3.8, 4) is 11.8 Å². The van der Waals surface area contributed by atoms with Crippen LogP contribution in [0.15, 0.2) is 35.3 Å². The third kappa shape index (κ3) is 5.23. The van der Waals surface area contributed by atoms with Gasteiger partial charge in [0.15, 0.2) is 0 Å².